The summed E-state index contributed by atoms with van der Waals surface area (Å²) in [5, 5.41) is 0. The predicted octanol–water partition coefficient (Wildman–Crippen LogP) is 7.01. The smallest absolute Gasteiger partial charge is 0.171 e. The number of alkyl halides is 3. The van der Waals surface area contributed by atoms with Crippen molar-refractivity contribution in [2.75, 3.05) is 0 Å². The van der Waals surface area contributed by atoms with Crippen LogP contribution in [-0.4, -0.2) is 6.18 Å². The van der Waals surface area contributed by atoms with Crippen LogP contribution in [0.15, 0.2) is 12.7 Å². The average Bonchev–Trinajstić information content (AvgIpc) is 2.90. The van der Waals surface area contributed by atoms with Crippen molar-refractivity contribution in [3.8, 4) is 0 Å². The van der Waals surface area contributed by atoms with Gasteiger partial charge in [-0.1, -0.05) is 13.0 Å². The SMILES string of the molecule is C=CCC1CCC2[C@@H]3CC[C@@H]4C[C@@H](C(F)(F)F)CC[C@@H]4C3CCC12C. The summed E-state index contributed by atoms with van der Waals surface area (Å²) in [6.07, 6.45) is 8.38. The molecule has 0 aromatic carbocycles. The summed E-state index contributed by atoms with van der Waals surface area (Å²) in [6, 6.07) is 0. The van der Waals surface area contributed by atoms with E-state index in [9.17, 15) is 13.2 Å². The first kappa shape index (κ1) is 17.9. The molecule has 4 fully saturated rings. The van der Waals surface area contributed by atoms with Crippen molar-refractivity contribution in [1.82, 2.24) is 0 Å². The molecule has 0 aromatic rings. The van der Waals surface area contributed by atoms with Crippen LogP contribution in [0.5, 0.6) is 0 Å². The minimum absolute atomic E-state index is 0.344. The maximum absolute atomic E-state index is 13.2. The van der Waals surface area contributed by atoms with Gasteiger partial charge >= 0.3 is 6.18 Å². The Morgan fingerprint density at radius 3 is 2.44 bits per heavy atom. The molecule has 0 aliphatic heterocycles. The molecule has 142 valence electrons. The number of hydrogen-bond acceptors (Lipinski definition) is 0. The second-order valence-corrected chi connectivity index (χ2v) is 9.83. The molecule has 8 atom stereocenters. The molecule has 0 heterocycles. The normalized spacial score (nSPS) is 49.8. The zero-order chi connectivity index (χ0) is 17.8. The number of hydrogen-bond donors (Lipinski definition) is 0. The zero-order valence-electron chi connectivity index (χ0n) is 15.5. The van der Waals surface area contributed by atoms with Crippen molar-refractivity contribution in [1.29, 1.82) is 0 Å². The molecule has 0 amide bonds. The minimum Gasteiger partial charge on any atom is -0.171 e. The lowest BCUT2D eigenvalue weighted by molar-refractivity contribution is -0.196. The van der Waals surface area contributed by atoms with Gasteiger partial charge in [0.15, 0.2) is 0 Å². The van der Waals surface area contributed by atoms with E-state index >= 15 is 0 Å². The molecule has 0 spiro atoms. The summed E-state index contributed by atoms with van der Waals surface area (Å²) in [6.45, 7) is 6.48. The summed E-state index contributed by atoms with van der Waals surface area (Å²) >= 11 is 0. The van der Waals surface area contributed by atoms with Crippen LogP contribution in [0.3, 0.4) is 0 Å². The minimum atomic E-state index is -3.98. The first-order chi connectivity index (χ1) is 11.8. The van der Waals surface area contributed by atoms with Gasteiger partial charge in [0.25, 0.3) is 0 Å². The van der Waals surface area contributed by atoms with Crippen LogP contribution in [0.25, 0.3) is 0 Å². The van der Waals surface area contributed by atoms with E-state index in [-0.39, 0.29) is 0 Å². The van der Waals surface area contributed by atoms with Gasteiger partial charge in [-0.3, -0.25) is 0 Å². The Labute approximate surface area is 150 Å². The van der Waals surface area contributed by atoms with Crippen LogP contribution in [0, 0.1) is 46.8 Å². The van der Waals surface area contributed by atoms with E-state index in [0.717, 1.165) is 37.0 Å². The largest absolute Gasteiger partial charge is 0.391 e. The fraction of sp³-hybridized carbons (Fsp3) is 0.909. The molecule has 0 aromatic heterocycles. The molecule has 4 rings (SSSR count). The summed E-state index contributed by atoms with van der Waals surface area (Å²) in [4.78, 5) is 0. The first-order valence-electron chi connectivity index (χ1n) is 10.5. The predicted molar refractivity (Wildman–Crippen MR) is 95.0 cm³/mol. The lowest BCUT2D eigenvalue weighted by atomic mass is 9.49. The molecule has 0 radical (unpaired) electrons. The maximum Gasteiger partial charge on any atom is 0.391 e. The van der Waals surface area contributed by atoms with Gasteiger partial charge in [0, 0.05) is 0 Å². The zero-order valence-corrected chi connectivity index (χ0v) is 15.5. The van der Waals surface area contributed by atoms with E-state index in [1.165, 1.54) is 32.1 Å². The molecule has 3 heteroatoms. The third-order valence-corrected chi connectivity index (χ3v) is 9.06. The molecule has 0 saturated heterocycles. The van der Waals surface area contributed by atoms with E-state index in [0.29, 0.717) is 36.0 Å². The quantitative estimate of drug-likeness (QED) is 0.468. The maximum atomic E-state index is 13.2. The molecular formula is C22H33F3. The summed E-state index contributed by atoms with van der Waals surface area (Å²) < 4.78 is 39.5. The average molecular weight is 355 g/mol. The van der Waals surface area contributed by atoms with Crippen LogP contribution in [-0.2, 0) is 0 Å². The summed E-state index contributed by atoms with van der Waals surface area (Å²) in [5.41, 5.74) is 0.464. The highest BCUT2D eigenvalue weighted by Gasteiger charge is 2.57. The highest BCUT2D eigenvalue weighted by Crippen LogP contribution is 2.65. The number of allylic oxidation sites excluding steroid dienone is 1. The van der Waals surface area contributed by atoms with Crippen LogP contribution in [0.2, 0.25) is 0 Å². The Kier molecular flexibility index (Phi) is 4.52. The van der Waals surface area contributed by atoms with Gasteiger partial charge in [-0.15, -0.1) is 6.58 Å². The van der Waals surface area contributed by atoms with Gasteiger partial charge in [0.05, 0.1) is 5.92 Å². The van der Waals surface area contributed by atoms with Crippen molar-refractivity contribution >= 4 is 0 Å². The highest BCUT2D eigenvalue weighted by molar-refractivity contribution is 5.06. The lowest BCUT2D eigenvalue weighted by Gasteiger charge is -2.56. The fourth-order valence-corrected chi connectivity index (χ4v) is 7.85. The lowest BCUT2D eigenvalue weighted by Crippen LogP contribution is -2.49. The second kappa shape index (κ2) is 6.30. The number of rotatable bonds is 2. The molecule has 0 N–H and O–H groups in total. The van der Waals surface area contributed by atoms with E-state index in [2.05, 4.69) is 19.6 Å². The third-order valence-electron chi connectivity index (χ3n) is 9.06. The second-order valence-electron chi connectivity index (χ2n) is 9.83. The van der Waals surface area contributed by atoms with Crippen LogP contribution >= 0.6 is 0 Å². The van der Waals surface area contributed by atoms with Gasteiger partial charge in [-0.2, -0.15) is 13.2 Å². The monoisotopic (exact) mass is 354 g/mol. The molecule has 0 nitrogen and oxygen atoms in total. The van der Waals surface area contributed by atoms with E-state index in [4.69, 9.17) is 0 Å². The van der Waals surface area contributed by atoms with Crippen molar-refractivity contribution < 1.29 is 13.2 Å². The molecule has 4 unspecified atom stereocenters. The van der Waals surface area contributed by atoms with Crippen molar-refractivity contribution in [3.63, 3.8) is 0 Å². The van der Waals surface area contributed by atoms with Crippen molar-refractivity contribution in [2.45, 2.75) is 77.3 Å². The Morgan fingerprint density at radius 2 is 1.72 bits per heavy atom. The van der Waals surface area contributed by atoms with E-state index in [1.54, 1.807) is 0 Å². The van der Waals surface area contributed by atoms with Gasteiger partial charge in [-0.25, -0.2) is 0 Å². The Balaban J connectivity index is 1.49. The number of fused-ring (bicyclic) bond motifs is 5. The van der Waals surface area contributed by atoms with Gasteiger partial charge in [-0.05, 0) is 105 Å². The first-order valence-corrected chi connectivity index (χ1v) is 10.5. The molecule has 4 aliphatic rings. The fourth-order valence-electron chi connectivity index (χ4n) is 7.85. The highest BCUT2D eigenvalue weighted by atomic mass is 19.4. The van der Waals surface area contributed by atoms with Crippen molar-refractivity contribution in [2.24, 2.45) is 46.8 Å². The van der Waals surface area contributed by atoms with Gasteiger partial charge in [0.1, 0.15) is 0 Å². The van der Waals surface area contributed by atoms with Crippen LogP contribution in [0.1, 0.15) is 71.1 Å². The van der Waals surface area contributed by atoms with Crippen LogP contribution in [0.4, 0.5) is 13.2 Å². The summed E-state index contributed by atoms with van der Waals surface area (Å²) in [5.74, 6) is 3.01. The van der Waals surface area contributed by atoms with E-state index in [1.807, 2.05) is 0 Å². The molecule has 4 saturated carbocycles. The standard InChI is InChI=1S/C22H33F3/c1-3-4-15-7-10-20-19-8-5-14-13-16(22(23,24)25)6-9-17(14)18(19)11-12-21(15,20)2/h3,14-20H,1,4-13H2,2H3/t14-,15?,16+,17+,18?,19-,20?,21?/m1/s1. The Morgan fingerprint density at radius 1 is 0.960 bits per heavy atom. The third kappa shape index (κ3) is 2.88. The molecular weight excluding hydrogens is 321 g/mol. The van der Waals surface area contributed by atoms with Gasteiger partial charge in [0.2, 0.25) is 0 Å². The molecule has 0 bridgehead atoms. The summed E-state index contributed by atoms with van der Waals surface area (Å²) in [7, 11) is 0. The van der Waals surface area contributed by atoms with Crippen LogP contribution < -0.4 is 0 Å². The Bertz CT molecular complexity index is 510. The van der Waals surface area contributed by atoms with Crippen molar-refractivity contribution in [3.05, 3.63) is 12.7 Å². The molecule has 25 heavy (non-hydrogen) atoms. The topological polar surface area (TPSA) is 0 Å². The van der Waals surface area contributed by atoms with E-state index < -0.39 is 12.1 Å². The Hall–Kier alpha value is -0.470. The molecule has 4 aliphatic carbocycles. The van der Waals surface area contributed by atoms with Gasteiger partial charge < -0.3 is 0 Å². The number of halogens is 3.